The van der Waals surface area contributed by atoms with E-state index in [2.05, 4.69) is 12.2 Å². The lowest BCUT2D eigenvalue weighted by Crippen LogP contribution is -2.40. The van der Waals surface area contributed by atoms with Crippen LogP contribution in [0.2, 0.25) is 5.02 Å². The highest BCUT2D eigenvalue weighted by molar-refractivity contribution is 6.31. The fraction of sp³-hybridized carbons (Fsp3) is 0.270. The Balaban J connectivity index is 1.09. The van der Waals surface area contributed by atoms with E-state index in [4.69, 9.17) is 21.3 Å². The SMILES string of the molecule is Cc1cccc2c(C(=O)OC(C)C(=O)c3cccc(Cl)c3)cc(-c3ccc(N4C(=O)C5C6C=CC(C7CC67)C5C4=O)cc3)nc12. The Kier molecular flexibility index (Phi) is 6.33. The van der Waals surface area contributed by atoms with E-state index in [1.54, 1.807) is 48.5 Å². The van der Waals surface area contributed by atoms with E-state index in [1.807, 2.05) is 31.2 Å². The number of aryl methyl sites for hydroxylation is 1. The maximum atomic E-state index is 13.6. The van der Waals surface area contributed by atoms with Gasteiger partial charge in [0.15, 0.2) is 6.10 Å². The topological polar surface area (TPSA) is 93.6 Å². The molecule has 8 heteroatoms. The number of carbonyl (C=O) groups is 4. The van der Waals surface area contributed by atoms with Crippen molar-refractivity contribution in [3.05, 3.63) is 107 Å². The number of halogens is 1. The summed E-state index contributed by atoms with van der Waals surface area (Å²) in [6.45, 7) is 3.45. The highest BCUT2D eigenvalue weighted by atomic mass is 35.5. The lowest BCUT2D eigenvalue weighted by Gasteiger charge is -2.37. The van der Waals surface area contributed by atoms with E-state index < -0.39 is 12.1 Å². The number of anilines is 1. The Morgan fingerprint density at radius 1 is 0.911 bits per heavy atom. The minimum atomic E-state index is -1.04. The molecule has 4 aromatic rings. The predicted octanol–water partition coefficient (Wildman–Crippen LogP) is 6.85. The fourth-order valence-corrected chi connectivity index (χ4v) is 8.05. The van der Waals surface area contributed by atoms with Gasteiger partial charge in [-0.05, 0) is 79.8 Å². The number of allylic oxidation sites excluding steroid dienone is 2. The first-order valence-electron chi connectivity index (χ1n) is 15.3. The van der Waals surface area contributed by atoms with Crippen LogP contribution >= 0.6 is 11.6 Å². The van der Waals surface area contributed by atoms with Crippen molar-refractivity contribution in [2.24, 2.45) is 35.5 Å². The molecule has 1 aliphatic heterocycles. The minimum Gasteiger partial charge on any atom is -0.451 e. The van der Waals surface area contributed by atoms with Gasteiger partial charge in [0.25, 0.3) is 0 Å². The first-order valence-corrected chi connectivity index (χ1v) is 15.7. The zero-order valence-corrected chi connectivity index (χ0v) is 25.4. The summed E-state index contributed by atoms with van der Waals surface area (Å²) >= 11 is 6.06. The summed E-state index contributed by atoms with van der Waals surface area (Å²) in [7, 11) is 0. The Morgan fingerprint density at radius 2 is 1.58 bits per heavy atom. The van der Waals surface area contributed by atoms with Crippen molar-refractivity contribution in [2.75, 3.05) is 4.90 Å². The molecule has 7 nitrogen and oxygen atoms in total. The molecule has 2 bridgehead atoms. The normalized spacial score (nSPS) is 26.5. The fourth-order valence-electron chi connectivity index (χ4n) is 7.86. The maximum Gasteiger partial charge on any atom is 0.339 e. The van der Waals surface area contributed by atoms with E-state index in [-0.39, 0.29) is 46.8 Å². The third-order valence-electron chi connectivity index (χ3n) is 10.1. The van der Waals surface area contributed by atoms with Gasteiger partial charge in [0.05, 0.1) is 34.3 Å². The molecule has 3 fully saturated rings. The molecule has 0 N–H and O–H groups in total. The van der Waals surface area contributed by atoms with Crippen molar-refractivity contribution in [2.45, 2.75) is 26.4 Å². The number of pyridine rings is 1. The van der Waals surface area contributed by atoms with Crippen molar-refractivity contribution >= 4 is 51.8 Å². The van der Waals surface area contributed by atoms with Gasteiger partial charge in [-0.2, -0.15) is 0 Å². The number of fused-ring (bicyclic) bond motifs is 1. The van der Waals surface area contributed by atoms with Gasteiger partial charge < -0.3 is 4.74 Å². The molecule has 4 aliphatic carbocycles. The van der Waals surface area contributed by atoms with Gasteiger partial charge in [-0.25, -0.2) is 9.78 Å². The molecule has 0 radical (unpaired) electrons. The monoisotopic (exact) mass is 616 g/mol. The summed E-state index contributed by atoms with van der Waals surface area (Å²) in [6, 6.07) is 20.9. The Morgan fingerprint density at radius 3 is 2.24 bits per heavy atom. The highest BCUT2D eigenvalue weighted by Gasteiger charge is 2.67. The quantitative estimate of drug-likeness (QED) is 0.102. The van der Waals surface area contributed by atoms with E-state index >= 15 is 0 Å². The second-order valence-corrected chi connectivity index (χ2v) is 13.1. The van der Waals surface area contributed by atoms with Crippen molar-refractivity contribution in [3.8, 4) is 11.3 Å². The summed E-state index contributed by atoms with van der Waals surface area (Å²) in [5.41, 5.74) is 3.93. The molecular formula is C37H29ClN2O5. The molecule has 9 rings (SSSR count). The number of ketones is 1. The summed E-state index contributed by atoms with van der Waals surface area (Å²) in [5, 5.41) is 1.03. The standard InChI is InChI=1S/C37H29ClN2O5/c1-18-5-3-8-26-29(37(44)45-19(2)34(41)21-6-4-7-22(38)15-21)17-30(39-33(18)26)20-9-11-23(12-10-20)40-35(42)31-24-13-14-25(28-16-27(24)28)32(31)36(40)43/h3-15,17,19,24-25,27-28,31-32H,16H2,1-2H3. The number of rotatable bonds is 6. The third kappa shape index (κ3) is 4.36. The lowest BCUT2D eigenvalue weighted by atomic mass is 9.63. The number of imide groups is 1. The predicted molar refractivity (Wildman–Crippen MR) is 170 cm³/mol. The molecule has 45 heavy (non-hydrogen) atoms. The molecule has 7 atom stereocenters. The summed E-state index contributed by atoms with van der Waals surface area (Å²) in [4.78, 5) is 60.0. The largest absolute Gasteiger partial charge is 0.451 e. The van der Waals surface area contributed by atoms with Gasteiger partial charge >= 0.3 is 5.97 Å². The van der Waals surface area contributed by atoms with E-state index in [0.29, 0.717) is 50.3 Å². The summed E-state index contributed by atoms with van der Waals surface area (Å²) < 4.78 is 5.67. The second-order valence-electron chi connectivity index (χ2n) is 12.7. The van der Waals surface area contributed by atoms with Gasteiger partial charge in [-0.15, -0.1) is 0 Å². The summed E-state index contributed by atoms with van der Waals surface area (Å²) in [5.74, 6) is -0.320. The summed E-state index contributed by atoms with van der Waals surface area (Å²) in [6.07, 6.45) is 4.42. The Hall–Kier alpha value is -4.62. The number of ether oxygens (including phenoxy) is 1. The molecule has 224 valence electrons. The van der Waals surface area contributed by atoms with Crippen molar-refractivity contribution in [1.82, 2.24) is 4.98 Å². The van der Waals surface area contributed by atoms with Gasteiger partial charge in [0, 0.05) is 21.5 Å². The highest BCUT2D eigenvalue weighted by Crippen LogP contribution is 2.65. The van der Waals surface area contributed by atoms with Gasteiger partial charge in [0.1, 0.15) is 0 Å². The van der Waals surface area contributed by atoms with Crippen LogP contribution in [-0.2, 0) is 14.3 Å². The number of amides is 2. The molecule has 5 aliphatic rings. The average Bonchev–Trinajstić information content (AvgIpc) is 3.83. The van der Waals surface area contributed by atoms with Crippen molar-refractivity contribution < 1.29 is 23.9 Å². The molecule has 2 amide bonds. The number of para-hydroxylation sites is 1. The molecular weight excluding hydrogens is 588 g/mol. The van der Waals surface area contributed by atoms with Crippen LogP contribution in [0.4, 0.5) is 5.69 Å². The molecule has 1 aromatic heterocycles. The zero-order valence-electron chi connectivity index (χ0n) is 24.6. The van der Waals surface area contributed by atoms with Crippen LogP contribution in [0, 0.1) is 42.4 Å². The first-order chi connectivity index (χ1) is 21.7. The van der Waals surface area contributed by atoms with Crippen LogP contribution < -0.4 is 4.90 Å². The second kappa shape index (κ2) is 10.2. The number of hydrogen-bond acceptors (Lipinski definition) is 6. The maximum absolute atomic E-state index is 13.6. The van der Waals surface area contributed by atoms with Crippen LogP contribution in [0.3, 0.4) is 0 Å². The molecule has 2 heterocycles. The van der Waals surface area contributed by atoms with Crippen molar-refractivity contribution in [3.63, 3.8) is 0 Å². The first kappa shape index (κ1) is 27.9. The van der Waals surface area contributed by atoms with Gasteiger partial charge in [-0.3, -0.25) is 19.3 Å². The number of hydrogen-bond donors (Lipinski definition) is 0. The minimum absolute atomic E-state index is 0.103. The Bertz CT molecular complexity index is 1950. The average molecular weight is 617 g/mol. The van der Waals surface area contributed by atoms with Crippen LogP contribution in [0.5, 0.6) is 0 Å². The zero-order chi connectivity index (χ0) is 31.1. The number of Topliss-reactive ketones (excluding diaryl/α,β-unsaturated/α-hetero) is 1. The third-order valence-corrected chi connectivity index (χ3v) is 10.3. The lowest BCUT2D eigenvalue weighted by molar-refractivity contribution is -0.124. The van der Waals surface area contributed by atoms with Crippen LogP contribution in [0.1, 0.15) is 39.6 Å². The molecule has 3 aromatic carbocycles. The molecule has 0 spiro atoms. The van der Waals surface area contributed by atoms with Crippen LogP contribution in [0.25, 0.3) is 22.2 Å². The van der Waals surface area contributed by atoms with Crippen LogP contribution in [0.15, 0.2) is 84.9 Å². The smallest absolute Gasteiger partial charge is 0.339 e. The van der Waals surface area contributed by atoms with Crippen LogP contribution in [-0.4, -0.2) is 34.7 Å². The molecule has 1 saturated heterocycles. The number of esters is 1. The number of aromatic nitrogens is 1. The number of carbonyl (C=O) groups excluding carboxylic acids is 4. The van der Waals surface area contributed by atoms with E-state index in [0.717, 1.165) is 12.0 Å². The van der Waals surface area contributed by atoms with Crippen molar-refractivity contribution in [1.29, 1.82) is 0 Å². The van der Waals surface area contributed by atoms with E-state index in [1.165, 1.54) is 11.8 Å². The van der Waals surface area contributed by atoms with E-state index in [9.17, 15) is 19.2 Å². The Labute approximate surface area is 264 Å². The number of benzene rings is 3. The van der Waals surface area contributed by atoms with Gasteiger partial charge in [-0.1, -0.05) is 66.2 Å². The molecule has 2 saturated carbocycles. The number of nitrogens with zero attached hydrogens (tertiary/aromatic N) is 2. The van der Waals surface area contributed by atoms with Gasteiger partial charge in [0.2, 0.25) is 17.6 Å². The molecule has 7 unspecified atom stereocenters.